The molecule has 7 nitrogen and oxygen atoms in total. The highest BCUT2D eigenvalue weighted by atomic mass is 32.1. The Labute approximate surface area is 165 Å². The number of benzene rings is 1. The van der Waals surface area contributed by atoms with Gasteiger partial charge >= 0.3 is 0 Å². The Morgan fingerprint density at radius 1 is 1.33 bits per heavy atom. The highest BCUT2D eigenvalue weighted by Gasteiger charge is 2.37. The number of methoxy groups -OCH3 is 1. The number of nitrogens with zero attached hydrogens (tertiary/aromatic N) is 2. The summed E-state index contributed by atoms with van der Waals surface area (Å²) in [6.45, 7) is 2.90. The van der Waals surface area contributed by atoms with Crippen molar-refractivity contribution in [1.29, 1.82) is 0 Å². The van der Waals surface area contributed by atoms with Crippen LogP contribution in [0, 0.1) is 5.92 Å². The minimum atomic E-state index is -0.933. The van der Waals surface area contributed by atoms with Crippen LogP contribution in [0.3, 0.4) is 0 Å². The molecule has 1 aromatic carbocycles. The van der Waals surface area contributed by atoms with Crippen molar-refractivity contribution in [3.8, 4) is 5.75 Å². The molecule has 1 aromatic rings. The summed E-state index contributed by atoms with van der Waals surface area (Å²) in [5, 5.41) is 2.76. The van der Waals surface area contributed by atoms with Gasteiger partial charge in [-0.25, -0.2) is 0 Å². The van der Waals surface area contributed by atoms with Crippen LogP contribution >= 0.6 is 12.2 Å². The number of quaternary nitrogens is 1. The van der Waals surface area contributed by atoms with Crippen molar-refractivity contribution in [2.75, 3.05) is 34.3 Å². The van der Waals surface area contributed by atoms with Gasteiger partial charge in [0, 0.05) is 18.3 Å². The van der Waals surface area contributed by atoms with Crippen molar-refractivity contribution in [3.05, 3.63) is 29.8 Å². The minimum Gasteiger partial charge on any atom is -0.497 e. The van der Waals surface area contributed by atoms with Crippen molar-refractivity contribution in [2.24, 2.45) is 10.9 Å². The van der Waals surface area contributed by atoms with Gasteiger partial charge in [-0.2, -0.15) is 0 Å². The molecule has 1 aliphatic rings. The van der Waals surface area contributed by atoms with Gasteiger partial charge in [0.15, 0.2) is 11.0 Å². The van der Waals surface area contributed by atoms with E-state index in [0.717, 1.165) is 17.7 Å². The van der Waals surface area contributed by atoms with E-state index in [-0.39, 0.29) is 17.1 Å². The molecule has 27 heavy (non-hydrogen) atoms. The number of carbonyl (C=O) groups excluding carboxylic acids is 2. The number of amides is 2. The van der Waals surface area contributed by atoms with Gasteiger partial charge in [-0.1, -0.05) is 6.92 Å². The molecule has 0 unspecified atom stereocenters. The summed E-state index contributed by atoms with van der Waals surface area (Å²) < 4.78 is 5.20. The predicted molar refractivity (Wildman–Crippen MR) is 108 cm³/mol. The van der Waals surface area contributed by atoms with E-state index in [2.05, 4.69) is 10.3 Å². The summed E-state index contributed by atoms with van der Waals surface area (Å²) in [4.78, 5) is 31.8. The van der Waals surface area contributed by atoms with Gasteiger partial charge in [-0.15, -0.1) is 0 Å². The number of ether oxygens (including phenoxy) is 1. The third-order valence-electron chi connectivity index (χ3n) is 4.49. The number of hydrogen-bond donors (Lipinski definition) is 2. The van der Waals surface area contributed by atoms with E-state index < -0.39 is 11.8 Å². The number of nitrogens with one attached hydrogen (secondary N) is 2. The second-order valence-electron chi connectivity index (χ2n) is 6.68. The molecule has 0 spiro atoms. The standard InChI is InChI=1S/C19H26N4O3S/c1-5-10-23-18(25)15(17(24)21-19(23)27)11-20-12-16(22(2)3)13-6-8-14(26-4)9-7-13/h6-9,11,15-16H,5,10,12H2,1-4H3,(H,21,24,27)/p+1/t15-,16-/m0/s1. The molecule has 1 aliphatic heterocycles. The lowest BCUT2D eigenvalue weighted by Gasteiger charge is -2.30. The van der Waals surface area contributed by atoms with Crippen LogP contribution in [0.2, 0.25) is 0 Å². The van der Waals surface area contributed by atoms with Gasteiger partial charge in [-0.3, -0.25) is 19.5 Å². The number of aliphatic imine (C=N–C) groups is 1. The van der Waals surface area contributed by atoms with E-state index in [1.165, 1.54) is 16.0 Å². The lowest BCUT2D eigenvalue weighted by atomic mass is 10.0. The van der Waals surface area contributed by atoms with Crippen molar-refractivity contribution in [3.63, 3.8) is 0 Å². The van der Waals surface area contributed by atoms with Crippen molar-refractivity contribution in [2.45, 2.75) is 19.4 Å². The molecule has 2 N–H and O–H groups in total. The lowest BCUT2D eigenvalue weighted by Crippen LogP contribution is -3.06. The maximum Gasteiger partial charge on any atom is 0.246 e. The maximum absolute atomic E-state index is 12.6. The Morgan fingerprint density at radius 3 is 2.56 bits per heavy atom. The zero-order valence-corrected chi connectivity index (χ0v) is 17.0. The molecule has 2 rings (SSSR count). The minimum absolute atomic E-state index is 0.0988. The van der Waals surface area contributed by atoms with E-state index in [4.69, 9.17) is 17.0 Å². The van der Waals surface area contributed by atoms with Gasteiger partial charge in [0.05, 0.1) is 27.7 Å². The molecule has 2 atom stereocenters. The summed E-state index contributed by atoms with van der Waals surface area (Å²) >= 11 is 5.09. The van der Waals surface area contributed by atoms with E-state index in [1.807, 2.05) is 45.3 Å². The molecular formula is C19H27N4O3S+. The summed E-state index contributed by atoms with van der Waals surface area (Å²) in [7, 11) is 5.72. The first-order valence-electron chi connectivity index (χ1n) is 8.99. The molecule has 0 aliphatic carbocycles. The van der Waals surface area contributed by atoms with Crippen molar-refractivity contribution >= 4 is 35.4 Å². The highest BCUT2D eigenvalue weighted by molar-refractivity contribution is 7.80. The fourth-order valence-electron chi connectivity index (χ4n) is 2.93. The molecule has 0 radical (unpaired) electrons. The third kappa shape index (κ3) is 5.11. The zero-order valence-electron chi connectivity index (χ0n) is 16.2. The van der Waals surface area contributed by atoms with E-state index >= 15 is 0 Å². The monoisotopic (exact) mass is 391 g/mol. The normalized spacial score (nSPS) is 18.9. The first-order valence-corrected chi connectivity index (χ1v) is 9.40. The molecule has 8 heteroatoms. The average Bonchev–Trinajstić information content (AvgIpc) is 2.64. The predicted octanol–water partition coefficient (Wildman–Crippen LogP) is 0.221. The Bertz CT molecular complexity index is 718. The molecule has 0 bridgehead atoms. The van der Waals surface area contributed by atoms with Gasteiger partial charge in [0.1, 0.15) is 11.8 Å². The zero-order chi connectivity index (χ0) is 20.0. The fraction of sp³-hybridized carbons (Fsp3) is 0.474. The van der Waals surface area contributed by atoms with Gasteiger partial charge < -0.3 is 15.0 Å². The molecule has 146 valence electrons. The van der Waals surface area contributed by atoms with Crippen molar-refractivity contribution in [1.82, 2.24) is 10.2 Å². The van der Waals surface area contributed by atoms with Crippen LogP contribution in [0.15, 0.2) is 29.3 Å². The van der Waals surface area contributed by atoms with Crippen LogP contribution in [0.25, 0.3) is 0 Å². The Morgan fingerprint density at radius 2 is 2.00 bits per heavy atom. The first kappa shape index (κ1) is 21.0. The van der Waals surface area contributed by atoms with Gasteiger partial charge in [0.2, 0.25) is 11.8 Å². The first-order chi connectivity index (χ1) is 12.9. The number of rotatable bonds is 8. The van der Waals surface area contributed by atoms with Crippen LogP contribution in [0.4, 0.5) is 0 Å². The molecule has 1 saturated heterocycles. The molecule has 0 aromatic heterocycles. The van der Waals surface area contributed by atoms with Gasteiger partial charge in [0.25, 0.3) is 0 Å². The Hall–Kier alpha value is -2.32. The van der Waals surface area contributed by atoms with Crippen LogP contribution in [0.5, 0.6) is 5.75 Å². The largest absolute Gasteiger partial charge is 0.497 e. The molecule has 2 amide bonds. The van der Waals surface area contributed by atoms with E-state index in [1.54, 1.807) is 7.11 Å². The second kappa shape index (κ2) is 9.57. The number of thiocarbonyl (C=S) groups is 1. The molecule has 1 fully saturated rings. The molecule has 1 heterocycles. The summed E-state index contributed by atoms with van der Waals surface area (Å²) in [6.07, 6.45) is 2.21. The second-order valence-corrected chi connectivity index (χ2v) is 7.07. The van der Waals surface area contributed by atoms with Gasteiger partial charge in [-0.05, 0) is 42.9 Å². The fourth-order valence-corrected chi connectivity index (χ4v) is 3.21. The highest BCUT2D eigenvalue weighted by Crippen LogP contribution is 2.16. The molecule has 0 saturated carbocycles. The van der Waals surface area contributed by atoms with Crippen LogP contribution in [0.1, 0.15) is 24.9 Å². The van der Waals surface area contributed by atoms with E-state index in [9.17, 15) is 9.59 Å². The van der Waals surface area contributed by atoms with Crippen molar-refractivity contribution < 1.29 is 19.2 Å². The summed E-state index contributed by atoms with van der Waals surface area (Å²) in [5.74, 6) is -0.866. The maximum atomic E-state index is 12.6. The Balaban J connectivity index is 2.11. The Kier molecular flexibility index (Phi) is 7.44. The average molecular weight is 392 g/mol. The van der Waals surface area contributed by atoms with E-state index in [0.29, 0.717) is 13.1 Å². The SMILES string of the molecule is CCCN1C(=O)[C@@H](C=NC[C@@H](c2ccc(OC)cc2)[NH+](C)C)C(=O)NC1=S. The quantitative estimate of drug-likeness (QED) is 0.378. The van der Waals surface area contributed by atoms with Crippen LogP contribution < -0.4 is 15.0 Å². The number of likely N-dealkylation sites (N-methyl/N-ethyl adjacent to an activating group) is 1. The smallest absolute Gasteiger partial charge is 0.246 e. The summed E-state index contributed by atoms with van der Waals surface area (Å²) in [6, 6.07) is 7.94. The third-order valence-corrected chi connectivity index (χ3v) is 4.82. The summed E-state index contributed by atoms with van der Waals surface area (Å²) in [5.41, 5.74) is 1.11. The number of hydrogen-bond acceptors (Lipinski definition) is 5. The topological polar surface area (TPSA) is 75.4 Å². The molecular weight excluding hydrogens is 364 g/mol. The number of carbonyl (C=O) groups is 2. The lowest BCUT2D eigenvalue weighted by molar-refractivity contribution is -0.890. The van der Waals surface area contributed by atoms with Crippen LogP contribution in [-0.2, 0) is 9.59 Å². The van der Waals surface area contributed by atoms with Crippen LogP contribution in [-0.4, -0.2) is 62.3 Å².